The lowest BCUT2D eigenvalue weighted by Crippen LogP contribution is -2.18. The van der Waals surface area contributed by atoms with Crippen LogP contribution in [-0.2, 0) is 9.84 Å². The highest BCUT2D eigenvalue weighted by Crippen LogP contribution is 2.31. The maximum atomic E-state index is 12.8. The van der Waals surface area contributed by atoms with E-state index in [1.54, 1.807) is 18.2 Å². The number of hydrogen-bond donors (Lipinski definition) is 0. The molecule has 132 valence electrons. The van der Waals surface area contributed by atoms with Gasteiger partial charge in [-0.25, -0.2) is 8.42 Å². The van der Waals surface area contributed by atoms with Gasteiger partial charge in [0.15, 0.2) is 0 Å². The Kier molecular flexibility index (Phi) is 4.83. The van der Waals surface area contributed by atoms with Gasteiger partial charge in [-0.15, -0.1) is 0 Å². The van der Waals surface area contributed by atoms with Gasteiger partial charge in [0.25, 0.3) is 0 Å². The largest absolute Gasteiger partial charge is 0.497 e. The minimum absolute atomic E-state index is 0.0384. The summed E-state index contributed by atoms with van der Waals surface area (Å²) in [7, 11) is -2.43. The van der Waals surface area contributed by atoms with Gasteiger partial charge in [0, 0.05) is 5.56 Å². The van der Waals surface area contributed by atoms with Gasteiger partial charge < -0.3 is 9.47 Å². The van der Waals surface area contributed by atoms with E-state index in [4.69, 9.17) is 9.47 Å². The van der Waals surface area contributed by atoms with Crippen LogP contribution < -0.4 is 9.47 Å². The Bertz CT molecular complexity index is 1030. The molecule has 2 aromatic rings. The minimum Gasteiger partial charge on any atom is -0.497 e. The number of hydrogen-bond acceptors (Lipinski definition) is 5. The summed E-state index contributed by atoms with van der Waals surface area (Å²) in [5.74, 6) is 1.27. The van der Waals surface area contributed by atoms with Crippen molar-refractivity contribution in [3.05, 3.63) is 70.6 Å². The fraction of sp³-hybridized carbons (Fsp3) is 0.150. The van der Waals surface area contributed by atoms with Crippen LogP contribution in [0.2, 0.25) is 0 Å². The second-order valence-corrected chi connectivity index (χ2v) is 7.66. The third-order valence-corrected chi connectivity index (χ3v) is 5.76. The molecule has 1 unspecified atom stereocenters. The Morgan fingerprint density at radius 2 is 1.88 bits per heavy atom. The van der Waals surface area contributed by atoms with E-state index in [2.05, 4.69) is 0 Å². The lowest BCUT2D eigenvalue weighted by atomic mass is 10.0. The highest BCUT2D eigenvalue weighted by Gasteiger charge is 2.24. The number of nitriles is 1. The number of allylic oxidation sites excluding steroid dienone is 1. The number of fused-ring (bicyclic) bond motifs is 1. The number of nitrogens with zero attached hydrogens (tertiary/aromatic N) is 1. The molecule has 0 fully saturated rings. The Balaban J connectivity index is 2.02. The van der Waals surface area contributed by atoms with Crippen LogP contribution >= 0.6 is 0 Å². The van der Waals surface area contributed by atoms with Crippen LogP contribution in [0.4, 0.5) is 0 Å². The number of sulfone groups is 1. The summed E-state index contributed by atoms with van der Waals surface area (Å²) in [4.78, 5) is -0.291. The minimum atomic E-state index is -3.93. The van der Waals surface area contributed by atoms with Crippen molar-refractivity contribution in [2.45, 2.75) is 17.9 Å². The molecular formula is C20H17NO4S. The van der Waals surface area contributed by atoms with Crippen molar-refractivity contribution in [3.63, 3.8) is 0 Å². The van der Waals surface area contributed by atoms with Gasteiger partial charge in [-0.05, 0) is 55.0 Å². The first-order chi connectivity index (χ1) is 12.5. The van der Waals surface area contributed by atoms with Gasteiger partial charge in [-0.2, -0.15) is 5.26 Å². The third-order valence-electron chi connectivity index (χ3n) is 4.08. The van der Waals surface area contributed by atoms with Gasteiger partial charge in [0.1, 0.15) is 28.6 Å². The van der Waals surface area contributed by atoms with E-state index in [1.165, 1.54) is 25.3 Å². The molecule has 0 radical (unpaired) electrons. The van der Waals surface area contributed by atoms with Gasteiger partial charge >= 0.3 is 0 Å². The van der Waals surface area contributed by atoms with Crippen molar-refractivity contribution in [3.8, 4) is 17.6 Å². The molecule has 0 N–H and O–H groups in total. The molecule has 5 nitrogen and oxygen atoms in total. The van der Waals surface area contributed by atoms with Crippen molar-refractivity contribution in [1.82, 2.24) is 0 Å². The molecule has 0 bridgehead atoms. The van der Waals surface area contributed by atoms with Crippen molar-refractivity contribution >= 4 is 15.9 Å². The highest BCUT2D eigenvalue weighted by atomic mass is 32.2. The van der Waals surface area contributed by atoms with Crippen molar-refractivity contribution < 1.29 is 17.9 Å². The second-order valence-electron chi connectivity index (χ2n) is 5.74. The summed E-state index contributed by atoms with van der Waals surface area (Å²) in [5.41, 5.74) is 1.47. The van der Waals surface area contributed by atoms with Crippen LogP contribution in [0.15, 0.2) is 70.0 Å². The summed E-state index contributed by atoms with van der Waals surface area (Å²) in [5, 5.41) is 9.45. The van der Waals surface area contributed by atoms with Crippen molar-refractivity contribution in [2.24, 2.45) is 0 Å². The number of rotatable bonds is 4. The van der Waals surface area contributed by atoms with Gasteiger partial charge in [-0.1, -0.05) is 18.2 Å². The number of ether oxygens (including phenoxy) is 2. The SMILES string of the molecule is COc1ccc(S(=O)(=O)C(C#N)=CC2=Cc3ccccc3OC2C)cc1. The average Bonchev–Trinajstić information content (AvgIpc) is 2.66. The van der Waals surface area contributed by atoms with Crippen LogP contribution in [0.25, 0.3) is 6.08 Å². The average molecular weight is 367 g/mol. The Morgan fingerprint density at radius 3 is 2.54 bits per heavy atom. The third kappa shape index (κ3) is 3.35. The molecule has 6 heteroatoms. The van der Waals surface area contributed by atoms with Crippen LogP contribution in [0.1, 0.15) is 12.5 Å². The lowest BCUT2D eigenvalue weighted by molar-refractivity contribution is 0.257. The molecular weight excluding hydrogens is 350 g/mol. The van der Waals surface area contributed by atoms with E-state index >= 15 is 0 Å². The fourth-order valence-electron chi connectivity index (χ4n) is 2.62. The van der Waals surface area contributed by atoms with Crippen LogP contribution in [-0.4, -0.2) is 21.6 Å². The fourth-order valence-corrected chi connectivity index (χ4v) is 3.78. The zero-order valence-electron chi connectivity index (χ0n) is 14.3. The Labute approximate surface area is 152 Å². The molecule has 1 atom stereocenters. The van der Waals surface area contributed by atoms with Gasteiger partial charge in [0.2, 0.25) is 9.84 Å². The smallest absolute Gasteiger partial charge is 0.216 e. The first-order valence-electron chi connectivity index (χ1n) is 7.94. The topological polar surface area (TPSA) is 76.4 Å². The zero-order chi connectivity index (χ0) is 18.7. The normalized spacial score (nSPS) is 16.7. The highest BCUT2D eigenvalue weighted by molar-refractivity contribution is 7.95. The summed E-state index contributed by atoms with van der Waals surface area (Å²) >= 11 is 0. The molecule has 0 amide bonds. The van der Waals surface area contributed by atoms with Crippen molar-refractivity contribution in [1.29, 1.82) is 5.26 Å². The molecule has 0 saturated carbocycles. The Hall–Kier alpha value is -3.04. The molecule has 3 rings (SSSR count). The molecule has 0 saturated heterocycles. The van der Waals surface area contributed by atoms with E-state index in [0.717, 1.165) is 11.3 Å². The summed E-state index contributed by atoms with van der Waals surface area (Å²) in [6.07, 6.45) is 2.85. The standard InChI is InChI=1S/C20H17NO4S/c1-14-16(11-15-5-3-4-6-20(15)25-14)12-19(13-21)26(22,23)18-9-7-17(24-2)8-10-18/h3-12,14H,1-2H3. The zero-order valence-corrected chi connectivity index (χ0v) is 15.2. The molecule has 1 aliphatic rings. The molecule has 0 spiro atoms. The molecule has 1 heterocycles. The van der Waals surface area contributed by atoms with Crippen LogP contribution in [0.3, 0.4) is 0 Å². The number of para-hydroxylation sites is 1. The first kappa shape index (κ1) is 17.8. The van der Waals surface area contributed by atoms with Crippen molar-refractivity contribution in [2.75, 3.05) is 7.11 Å². The van der Waals surface area contributed by atoms with E-state index in [1.807, 2.05) is 37.3 Å². The first-order valence-corrected chi connectivity index (χ1v) is 9.42. The van der Waals surface area contributed by atoms with Crippen LogP contribution in [0, 0.1) is 11.3 Å². The predicted octanol–water partition coefficient (Wildman–Crippen LogP) is 3.74. The monoisotopic (exact) mass is 367 g/mol. The van der Waals surface area contributed by atoms with E-state index in [0.29, 0.717) is 11.3 Å². The molecule has 1 aliphatic heterocycles. The Morgan fingerprint density at radius 1 is 1.19 bits per heavy atom. The summed E-state index contributed by atoms with van der Waals surface area (Å²) in [6.45, 7) is 1.81. The number of methoxy groups -OCH3 is 1. The number of benzene rings is 2. The predicted molar refractivity (Wildman–Crippen MR) is 98.4 cm³/mol. The second kappa shape index (κ2) is 7.06. The van der Waals surface area contributed by atoms with Gasteiger partial charge in [-0.3, -0.25) is 0 Å². The quantitative estimate of drug-likeness (QED) is 0.770. The molecule has 26 heavy (non-hydrogen) atoms. The van der Waals surface area contributed by atoms with Gasteiger partial charge in [0.05, 0.1) is 12.0 Å². The molecule has 2 aromatic carbocycles. The van der Waals surface area contributed by atoms with E-state index in [9.17, 15) is 13.7 Å². The van der Waals surface area contributed by atoms with E-state index < -0.39 is 9.84 Å². The maximum Gasteiger partial charge on any atom is 0.216 e. The molecule has 0 aromatic heterocycles. The van der Waals surface area contributed by atoms with Crippen LogP contribution in [0.5, 0.6) is 11.5 Å². The summed E-state index contributed by atoms with van der Waals surface area (Å²) < 4.78 is 36.4. The maximum absolute atomic E-state index is 12.8. The molecule has 0 aliphatic carbocycles. The summed E-state index contributed by atoms with van der Waals surface area (Å²) in [6, 6.07) is 15.2. The van der Waals surface area contributed by atoms with E-state index in [-0.39, 0.29) is 15.9 Å². The lowest BCUT2D eigenvalue weighted by Gasteiger charge is -2.23.